The smallest absolute Gasteiger partial charge is 0.0584 e. The van der Waals surface area contributed by atoms with Gasteiger partial charge >= 0.3 is 0 Å². The van der Waals surface area contributed by atoms with Crippen molar-refractivity contribution in [1.29, 1.82) is 0 Å². The van der Waals surface area contributed by atoms with Gasteiger partial charge in [0.05, 0.1) is 5.16 Å². The molecule has 0 radical (unpaired) electrons. The third-order valence-corrected chi connectivity index (χ3v) is 2.50. The number of hydrogen-bond acceptors (Lipinski definition) is 2. The van der Waals surface area contributed by atoms with E-state index in [-0.39, 0.29) is 0 Å². The molecule has 0 spiro atoms. The maximum atomic E-state index is 4.51. The lowest BCUT2D eigenvalue weighted by molar-refractivity contribution is 0.822. The van der Waals surface area contributed by atoms with Gasteiger partial charge in [0.1, 0.15) is 0 Å². The molecule has 3 heteroatoms. The number of isothiocyanates is 1. The Labute approximate surface area is 94.0 Å². The van der Waals surface area contributed by atoms with Gasteiger partial charge in [-0.2, -0.15) is 0 Å². The number of nitrogens with zero attached hydrogens (tertiary/aromatic N) is 1. The van der Waals surface area contributed by atoms with E-state index in [1.54, 1.807) is 0 Å². The summed E-state index contributed by atoms with van der Waals surface area (Å²) in [5, 5.41) is 3.65. The Balaban J connectivity index is 2.05. The number of aliphatic imine (C=N–C) groups is 1. The number of hydrogen-bond donors (Lipinski definition) is 1. The van der Waals surface area contributed by atoms with Crippen molar-refractivity contribution >= 4 is 28.3 Å². The number of para-hydroxylation sites is 1. The van der Waals surface area contributed by atoms with Crippen molar-refractivity contribution in [3.05, 3.63) is 36.0 Å². The quantitative estimate of drug-likeness (QED) is 0.474. The van der Waals surface area contributed by atoms with E-state index in [4.69, 9.17) is 0 Å². The Morgan fingerprint density at radius 1 is 1.33 bits per heavy atom. The molecule has 0 unspecified atom stereocenters. The van der Waals surface area contributed by atoms with E-state index in [2.05, 4.69) is 51.6 Å². The van der Waals surface area contributed by atoms with Crippen LogP contribution in [-0.4, -0.2) is 16.7 Å². The van der Waals surface area contributed by atoms with Gasteiger partial charge < -0.3 is 4.98 Å². The Hall–Kier alpha value is -1.44. The van der Waals surface area contributed by atoms with Crippen molar-refractivity contribution in [3.8, 4) is 0 Å². The second-order valence-corrected chi connectivity index (χ2v) is 3.64. The highest BCUT2D eigenvalue weighted by molar-refractivity contribution is 7.78. The Kier molecular flexibility index (Phi) is 3.28. The number of H-pyrrole nitrogens is 1. The van der Waals surface area contributed by atoms with Gasteiger partial charge in [-0.25, -0.2) is 4.99 Å². The first-order valence-electron chi connectivity index (χ1n) is 5.00. The summed E-state index contributed by atoms with van der Waals surface area (Å²) in [6, 6.07) is 10.5. The largest absolute Gasteiger partial charge is 0.358 e. The molecular weight excluding hydrogens is 204 g/mol. The summed E-state index contributed by atoms with van der Waals surface area (Å²) in [7, 11) is 0. The van der Waals surface area contributed by atoms with Crippen LogP contribution in [0.5, 0.6) is 0 Å². The molecule has 1 aromatic heterocycles. The molecular formula is C12H12N2S. The van der Waals surface area contributed by atoms with Gasteiger partial charge in [-0.15, -0.1) is 0 Å². The second kappa shape index (κ2) is 4.87. The van der Waals surface area contributed by atoms with E-state index in [1.165, 1.54) is 16.6 Å². The fourth-order valence-corrected chi connectivity index (χ4v) is 1.75. The summed E-state index contributed by atoms with van der Waals surface area (Å²) in [5.41, 5.74) is 2.46. The van der Waals surface area contributed by atoms with Gasteiger partial charge in [0.2, 0.25) is 0 Å². The highest BCUT2D eigenvalue weighted by Crippen LogP contribution is 2.15. The molecule has 0 aliphatic carbocycles. The number of aryl methyl sites for hydroxylation is 1. The van der Waals surface area contributed by atoms with Crippen LogP contribution in [0.2, 0.25) is 0 Å². The summed E-state index contributed by atoms with van der Waals surface area (Å²) < 4.78 is 0. The monoisotopic (exact) mass is 216 g/mol. The van der Waals surface area contributed by atoms with E-state index in [9.17, 15) is 0 Å². The van der Waals surface area contributed by atoms with Crippen LogP contribution >= 0.6 is 12.2 Å². The minimum absolute atomic E-state index is 0.763. The highest BCUT2D eigenvalue weighted by atomic mass is 32.1. The molecule has 0 fully saturated rings. The van der Waals surface area contributed by atoms with Crippen LogP contribution in [0.4, 0.5) is 0 Å². The third kappa shape index (κ3) is 2.52. The fraction of sp³-hybridized carbons (Fsp3) is 0.250. The van der Waals surface area contributed by atoms with E-state index < -0.39 is 0 Å². The molecule has 0 atom stereocenters. The normalized spacial score (nSPS) is 10.1. The van der Waals surface area contributed by atoms with Gasteiger partial charge in [-0.3, -0.25) is 0 Å². The molecule has 15 heavy (non-hydrogen) atoms. The Bertz CT molecular complexity index is 462. The molecule has 76 valence electrons. The number of benzene rings is 1. The van der Waals surface area contributed by atoms with Gasteiger partial charge in [0, 0.05) is 17.8 Å². The second-order valence-electron chi connectivity index (χ2n) is 3.46. The minimum atomic E-state index is 0.763. The molecule has 1 heterocycles. The molecule has 2 nitrogen and oxygen atoms in total. The van der Waals surface area contributed by atoms with Gasteiger partial charge in [0.15, 0.2) is 0 Å². The first kappa shape index (κ1) is 10.1. The molecule has 0 aliphatic rings. The van der Waals surface area contributed by atoms with Crippen LogP contribution in [0, 0.1) is 0 Å². The van der Waals surface area contributed by atoms with E-state index in [0.717, 1.165) is 19.4 Å². The lowest BCUT2D eigenvalue weighted by Crippen LogP contribution is -1.87. The van der Waals surface area contributed by atoms with Crippen molar-refractivity contribution in [1.82, 2.24) is 4.98 Å². The number of aromatic amines is 1. The molecule has 0 saturated heterocycles. The average Bonchev–Trinajstić information content (AvgIpc) is 2.67. The van der Waals surface area contributed by atoms with Gasteiger partial charge in [-0.1, -0.05) is 18.2 Å². The summed E-state index contributed by atoms with van der Waals surface area (Å²) in [4.78, 5) is 7.28. The zero-order valence-electron chi connectivity index (χ0n) is 8.36. The van der Waals surface area contributed by atoms with Crippen LogP contribution in [0.25, 0.3) is 10.9 Å². The Morgan fingerprint density at radius 3 is 3.00 bits per heavy atom. The summed E-state index contributed by atoms with van der Waals surface area (Å²) >= 11 is 4.51. The summed E-state index contributed by atoms with van der Waals surface area (Å²) in [6.07, 6.45) is 2.02. The van der Waals surface area contributed by atoms with Crippen LogP contribution in [0.1, 0.15) is 12.1 Å². The lowest BCUT2D eigenvalue weighted by atomic mass is 10.2. The molecule has 0 bridgehead atoms. The molecule has 0 aliphatic heterocycles. The summed E-state index contributed by atoms with van der Waals surface area (Å²) in [5.74, 6) is 0. The molecule has 0 saturated carbocycles. The predicted molar refractivity (Wildman–Crippen MR) is 66.5 cm³/mol. The fourth-order valence-electron chi connectivity index (χ4n) is 1.66. The Morgan fingerprint density at radius 2 is 2.20 bits per heavy atom. The number of aromatic nitrogens is 1. The predicted octanol–water partition coefficient (Wildman–Crippen LogP) is 3.20. The number of fused-ring (bicyclic) bond motifs is 1. The number of thiocarbonyl (C=S) groups is 1. The van der Waals surface area contributed by atoms with Crippen molar-refractivity contribution < 1.29 is 0 Å². The standard InChI is InChI=1S/C12H12N2S/c15-9-13-7-3-5-11-8-10-4-1-2-6-12(10)14-11/h1-2,4,6,8,14H,3,5,7H2. The van der Waals surface area contributed by atoms with E-state index in [1.807, 2.05) is 6.07 Å². The first-order valence-corrected chi connectivity index (χ1v) is 5.41. The van der Waals surface area contributed by atoms with Crippen molar-refractivity contribution in [2.45, 2.75) is 12.8 Å². The molecule has 1 N–H and O–H groups in total. The van der Waals surface area contributed by atoms with Gasteiger partial charge in [0.25, 0.3) is 0 Å². The summed E-state index contributed by atoms with van der Waals surface area (Å²) in [6.45, 7) is 0.763. The van der Waals surface area contributed by atoms with Crippen LogP contribution < -0.4 is 0 Å². The van der Waals surface area contributed by atoms with Crippen molar-refractivity contribution in [2.24, 2.45) is 4.99 Å². The number of rotatable bonds is 4. The van der Waals surface area contributed by atoms with Crippen molar-refractivity contribution in [2.75, 3.05) is 6.54 Å². The van der Waals surface area contributed by atoms with E-state index >= 15 is 0 Å². The number of nitrogens with one attached hydrogen (secondary N) is 1. The minimum Gasteiger partial charge on any atom is -0.358 e. The average molecular weight is 216 g/mol. The van der Waals surface area contributed by atoms with E-state index in [0.29, 0.717) is 0 Å². The third-order valence-electron chi connectivity index (χ3n) is 2.37. The highest BCUT2D eigenvalue weighted by Gasteiger charge is 1.98. The molecule has 0 amide bonds. The van der Waals surface area contributed by atoms with Crippen molar-refractivity contribution in [3.63, 3.8) is 0 Å². The van der Waals surface area contributed by atoms with Crippen LogP contribution in [-0.2, 0) is 6.42 Å². The zero-order valence-corrected chi connectivity index (χ0v) is 9.18. The molecule has 1 aromatic carbocycles. The lowest BCUT2D eigenvalue weighted by Gasteiger charge is -1.92. The first-order chi connectivity index (χ1) is 7.40. The maximum absolute atomic E-state index is 4.51. The topological polar surface area (TPSA) is 28.1 Å². The molecule has 2 aromatic rings. The van der Waals surface area contributed by atoms with Gasteiger partial charge in [-0.05, 0) is 42.6 Å². The molecule has 2 rings (SSSR count). The maximum Gasteiger partial charge on any atom is 0.0584 e. The SMILES string of the molecule is S=C=NCCCc1cc2ccccc2[nH]1. The van der Waals surface area contributed by atoms with Crippen LogP contribution in [0.3, 0.4) is 0 Å². The zero-order chi connectivity index (χ0) is 10.5. The van der Waals surface area contributed by atoms with Crippen LogP contribution in [0.15, 0.2) is 35.3 Å².